The molecular formula is C50H42N2Si. The van der Waals surface area contributed by atoms with Crippen LogP contribution in [0.2, 0.25) is 0 Å². The fourth-order valence-corrected chi connectivity index (χ4v) is 12.0. The molecule has 0 bridgehead atoms. The zero-order valence-corrected chi connectivity index (χ0v) is 31.1. The first-order chi connectivity index (χ1) is 26.0. The van der Waals surface area contributed by atoms with Gasteiger partial charge in [-0.3, -0.25) is 0 Å². The minimum Gasteiger partial charge on any atom is -0.356 e. The highest BCUT2D eigenvalue weighted by Gasteiger charge is 2.41. The lowest BCUT2D eigenvalue weighted by atomic mass is 10.0. The third kappa shape index (κ3) is 7.21. The molecule has 0 saturated heterocycles. The molecule has 0 amide bonds. The third-order valence-electron chi connectivity index (χ3n) is 10.2. The Bertz CT molecular complexity index is 2210. The summed E-state index contributed by atoms with van der Waals surface area (Å²) in [5, 5.41) is 12.7. The van der Waals surface area contributed by atoms with Crippen LogP contribution in [-0.2, 0) is 0 Å². The number of benzene rings is 8. The summed E-state index contributed by atoms with van der Waals surface area (Å²) in [6.45, 7) is 4.24. The van der Waals surface area contributed by atoms with Gasteiger partial charge in [0.1, 0.15) is 0 Å². The molecule has 0 unspecified atom stereocenters. The largest absolute Gasteiger partial charge is 0.356 e. The number of rotatable bonds is 10. The Morgan fingerprint density at radius 3 is 0.811 bits per heavy atom. The summed E-state index contributed by atoms with van der Waals surface area (Å²) < 4.78 is 0. The average molecular weight is 699 g/mol. The summed E-state index contributed by atoms with van der Waals surface area (Å²) in [7, 11) is -2.68. The van der Waals surface area contributed by atoms with Crippen LogP contribution in [0.5, 0.6) is 0 Å². The predicted octanol–water partition coefficient (Wildman–Crippen LogP) is 10.5. The van der Waals surface area contributed by atoms with Crippen LogP contribution in [0.15, 0.2) is 206 Å². The van der Waals surface area contributed by atoms with E-state index < -0.39 is 8.07 Å². The van der Waals surface area contributed by atoms with Gasteiger partial charge in [-0.2, -0.15) is 0 Å². The van der Waals surface area contributed by atoms with Gasteiger partial charge in [0.25, 0.3) is 0 Å². The van der Waals surface area contributed by atoms with Crippen molar-refractivity contribution in [3.63, 3.8) is 0 Å². The number of nitrogens with one attached hydrogen (secondary N) is 2. The van der Waals surface area contributed by atoms with Gasteiger partial charge in [-0.15, -0.1) is 0 Å². The standard InChI is InChI=1S/C50H42N2Si/c1-37-13-17-39(18-14-37)41-21-25-43(26-22-41)51-45-29-33-49(34-30-45)53(47-9-5-3-6-10-47,48-11-7-4-8-12-48)50-35-31-46(32-36-50)52-44-27-23-42(24-28-44)40-19-15-38(2)16-20-40/h3-36,51-52H,1-2H3. The molecule has 2 N–H and O–H groups in total. The summed E-state index contributed by atoms with van der Waals surface area (Å²) in [5.74, 6) is 0. The maximum absolute atomic E-state index is 3.64. The van der Waals surface area contributed by atoms with Gasteiger partial charge in [0.15, 0.2) is 8.07 Å². The first-order valence-electron chi connectivity index (χ1n) is 18.2. The van der Waals surface area contributed by atoms with E-state index in [9.17, 15) is 0 Å². The second-order valence-corrected chi connectivity index (χ2v) is 17.6. The van der Waals surface area contributed by atoms with Crippen molar-refractivity contribution >= 4 is 51.6 Å². The molecule has 0 spiro atoms. The summed E-state index contributed by atoms with van der Waals surface area (Å²) in [5.41, 5.74) is 11.7. The molecule has 0 saturated carbocycles. The molecule has 0 fully saturated rings. The van der Waals surface area contributed by atoms with Crippen molar-refractivity contribution < 1.29 is 0 Å². The van der Waals surface area contributed by atoms with Crippen molar-refractivity contribution in [2.24, 2.45) is 0 Å². The van der Waals surface area contributed by atoms with E-state index in [0.717, 1.165) is 22.7 Å². The van der Waals surface area contributed by atoms with Gasteiger partial charge in [-0.25, -0.2) is 0 Å². The third-order valence-corrected chi connectivity index (χ3v) is 15.0. The molecule has 256 valence electrons. The van der Waals surface area contributed by atoms with E-state index in [-0.39, 0.29) is 0 Å². The maximum Gasteiger partial charge on any atom is 0.179 e. The van der Waals surface area contributed by atoms with Gasteiger partial charge in [0.2, 0.25) is 0 Å². The molecule has 8 aromatic rings. The van der Waals surface area contributed by atoms with Crippen molar-refractivity contribution in [2.75, 3.05) is 10.6 Å². The van der Waals surface area contributed by atoms with Crippen LogP contribution in [-0.4, -0.2) is 8.07 Å². The SMILES string of the molecule is Cc1ccc(-c2ccc(Nc3ccc([Si](c4ccccc4)(c4ccccc4)c4ccc(Nc5ccc(-c6ccc(C)cc6)cc5)cc4)cc3)cc2)cc1. The zero-order chi connectivity index (χ0) is 36.0. The second kappa shape index (κ2) is 15.0. The second-order valence-electron chi connectivity index (χ2n) is 13.8. The summed E-state index contributed by atoms with van der Waals surface area (Å²) in [4.78, 5) is 0. The lowest BCUT2D eigenvalue weighted by Gasteiger charge is -2.34. The molecule has 0 aliphatic rings. The Balaban J connectivity index is 1.10. The predicted molar refractivity (Wildman–Crippen MR) is 230 cm³/mol. The number of hydrogen-bond acceptors (Lipinski definition) is 2. The topological polar surface area (TPSA) is 24.1 Å². The van der Waals surface area contributed by atoms with E-state index >= 15 is 0 Å². The average Bonchev–Trinajstić information content (AvgIpc) is 3.21. The molecule has 0 atom stereocenters. The molecule has 0 aromatic heterocycles. The quantitative estimate of drug-likeness (QED) is 0.110. The van der Waals surface area contributed by atoms with Crippen LogP contribution in [0.3, 0.4) is 0 Å². The molecular weight excluding hydrogens is 657 g/mol. The van der Waals surface area contributed by atoms with Crippen molar-refractivity contribution in [2.45, 2.75) is 13.8 Å². The van der Waals surface area contributed by atoms with E-state index in [0.29, 0.717) is 0 Å². The number of hydrogen-bond donors (Lipinski definition) is 2. The molecule has 2 nitrogen and oxygen atoms in total. The van der Waals surface area contributed by atoms with Crippen LogP contribution in [0.25, 0.3) is 22.3 Å². The van der Waals surface area contributed by atoms with E-state index in [1.807, 2.05) is 0 Å². The Morgan fingerprint density at radius 2 is 0.509 bits per heavy atom. The Labute approximate surface area is 314 Å². The molecule has 8 aromatic carbocycles. The van der Waals surface area contributed by atoms with Crippen molar-refractivity contribution in [1.29, 1.82) is 0 Å². The Hall–Kier alpha value is -6.42. The van der Waals surface area contributed by atoms with Gasteiger partial charge in [0.05, 0.1) is 0 Å². The minimum atomic E-state index is -2.68. The molecule has 0 aliphatic carbocycles. The van der Waals surface area contributed by atoms with Crippen LogP contribution in [0.4, 0.5) is 22.7 Å². The van der Waals surface area contributed by atoms with Crippen molar-refractivity contribution in [1.82, 2.24) is 0 Å². The van der Waals surface area contributed by atoms with E-state index in [4.69, 9.17) is 0 Å². The monoisotopic (exact) mass is 698 g/mol. The van der Waals surface area contributed by atoms with E-state index in [1.54, 1.807) is 0 Å². The fourth-order valence-electron chi connectivity index (χ4n) is 7.30. The van der Waals surface area contributed by atoms with Crippen LogP contribution in [0, 0.1) is 13.8 Å². The zero-order valence-electron chi connectivity index (χ0n) is 30.1. The lowest BCUT2D eigenvalue weighted by Crippen LogP contribution is -2.74. The van der Waals surface area contributed by atoms with Crippen LogP contribution >= 0.6 is 0 Å². The molecule has 0 heterocycles. The highest BCUT2D eigenvalue weighted by atomic mass is 28.3. The fraction of sp³-hybridized carbons (Fsp3) is 0.0400. The molecule has 3 heteroatoms. The Morgan fingerprint density at radius 1 is 0.264 bits per heavy atom. The molecule has 0 aliphatic heterocycles. The van der Waals surface area contributed by atoms with Crippen LogP contribution < -0.4 is 31.4 Å². The highest BCUT2D eigenvalue weighted by Crippen LogP contribution is 2.26. The van der Waals surface area contributed by atoms with Gasteiger partial charge >= 0.3 is 0 Å². The first-order valence-corrected chi connectivity index (χ1v) is 20.2. The summed E-state index contributed by atoms with van der Waals surface area (Å²) >= 11 is 0. The summed E-state index contributed by atoms with van der Waals surface area (Å²) in [6.07, 6.45) is 0. The molecule has 0 radical (unpaired) electrons. The van der Waals surface area contributed by atoms with Gasteiger partial charge in [0, 0.05) is 22.7 Å². The Kier molecular flexibility index (Phi) is 9.57. The van der Waals surface area contributed by atoms with Gasteiger partial charge < -0.3 is 10.6 Å². The molecule has 53 heavy (non-hydrogen) atoms. The first kappa shape index (κ1) is 33.7. The van der Waals surface area contributed by atoms with Crippen LogP contribution in [0.1, 0.15) is 11.1 Å². The van der Waals surface area contributed by atoms with Gasteiger partial charge in [-0.05, 0) is 105 Å². The number of aryl methyl sites for hydroxylation is 2. The van der Waals surface area contributed by atoms with Gasteiger partial charge in [-0.1, -0.05) is 169 Å². The summed E-state index contributed by atoms with van der Waals surface area (Å²) in [6, 6.07) is 75.1. The molecule has 8 rings (SSSR count). The maximum atomic E-state index is 3.64. The smallest absolute Gasteiger partial charge is 0.179 e. The number of anilines is 4. The minimum absolute atomic E-state index is 1.06. The lowest BCUT2D eigenvalue weighted by molar-refractivity contribution is 1.47. The highest BCUT2D eigenvalue weighted by molar-refractivity contribution is 7.19. The van der Waals surface area contributed by atoms with Crippen molar-refractivity contribution in [3.05, 3.63) is 217 Å². The normalized spacial score (nSPS) is 11.2. The van der Waals surface area contributed by atoms with E-state index in [1.165, 1.54) is 54.1 Å². The van der Waals surface area contributed by atoms with E-state index in [2.05, 4.69) is 231 Å². The van der Waals surface area contributed by atoms with Crippen molar-refractivity contribution in [3.8, 4) is 22.3 Å².